The number of anilines is 1. The van der Waals surface area contributed by atoms with Crippen LogP contribution in [0.3, 0.4) is 0 Å². The molecule has 3 nitrogen and oxygen atoms in total. The quantitative estimate of drug-likeness (QED) is 0.539. The minimum absolute atomic E-state index is 0.0398. The van der Waals surface area contributed by atoms with Crippen molar-refractivity contribution in [2.75, 3.05) is 12.4 Å². The largest absolute Gasteiger partial charge is 0.496 e. The molecule has 0 bridgehead atoms. The highest BCUT2D eigenvalue weighted by Gasteiger charge is 2.40. The number of rotatable bonds is 2. The summed E-state index contributed by atoms with van der Waals surface area (Å²) in [5, 5.41) is 6.13. The van der Waals surface area contributed by atoms with Gasteiger partial charge in [-0.05, 0) is 64.4 Å². The van der Waals surface area contributed by atoms with E-state index in [1.807, 2.05) is 13.0 Å². The third kappa shape index (κ3) is 2.92. The number of benzene rings is 3. The van der Waals surface area contributed by atoms with Crippen molar-refractivity contribution in [1.82, 2.24) is 0 Å². The second kappa shape index (κ2) is 6.73. The van der Waals surface area contributed by atoms with E-state index in [-0.39, 0.29) is 17.2 Å². The Morgan fingerprint density at radius 2 is 1.83 bits per heavy atom. The first-order valence-electron chi connectivity index (χ1n) is 10.6. The molecule has 1 N–H and O–H groups in total. The van der Waals surface area contributed by atoms with E-state index in [1.54, 1.807) is 7.11 Å². The Morgan fingerprint density at radius 3 is 2.60 bits per heavy atom. The van der Waals surface area contributed by atoms with Gasteiger partial charge in [-0.1, -0.05) is 50.2 Å². The van der Waals surface area contributed by atoms with Gasteiger partial charge in [-0.25, -0.2) is 0 Å². The zero-order valence-electron chi connectivity index (χ0n) is 18.0. The molecule has 0 amide bonds. The topological polar surface area (TPSA) is 38.3 Å². The molecule has 0 saturated carbocycles. The lowest BCUT2D eigenvalue weighted by molar-refractivity contribution is -0.118. The maximum atomic E-state index is 13.5. The molecule has 30 heavy (non-hydrogen) atoms. The van der Waals surface area contributed by atoms with Gasteiger partial charge in [0.05, 0.1) is 13.2 Å². The van der Waals surface area contributed by atoms with Crippen LogP contribution in [0.5, 0.6) is 5.75 Å². The van der Waals surface area contributed by atoms with Gasteiger partial charge in [0.1, 0.15) is 5.75 Å². The molecular formula is C27H27NO2. The van der Waals surface area contributed by atoms with Gasteiger partial charge in [0.2, 0.25) is 0 Å². The lowest BCUT2D eigenvalue weighted by Gasteiger charge is -2.40. The lowest BCUT2D eigenvalue weighted by Crippen LogP contribution is -2.33. The molecule has 3 aromatic carbocycles. The van der Waals surface area contributed by atoms with Gasteiger partial charge < -0.3 is 10.1 Å². The lowest BCUT2D eigenvalue weighted by atomic mass is 9.68. The summed E-state index contributed by atoms with van der Waals surface area (Å²) in [5.74, 6) is 1.12. The van der Waals surface area contributed by atoms with Crippen LogP contribution in [0.2, 0.25) is 0 Å². The Balaban J connectivity index is 1.77. The Hall–Kier alpha value is -3.07. The Kier molecular flexibility index (Phi) is 4.25. The number of carbonyl (C=O) groups is 1. The SMILES string of the molecule is COc1ccc(C2Nc3ccc4ccccc4c3C3=C2C(=O)CC(C)(C)C3)cc1C. The molecule has 0 spiro atoms. The molecule has 152 valence electrons. The highest BCUT2D eigenvalue weighted by Crippen LogP contribution is 2.52. The number of ether oxygens (including phenoxy) is 1. The standard InChI is InChI=1S/C27H27NO2/c1-16-13-18(10-12-23(16)30-4)26-25-20(14-27(2,3)15-22(25)29)24-19-8-6-5-7-17(19)9-11-21(24)28-26/h5-13,26,28H,14-15H2,1-4H3. The van der Waals surface area contributed by atoms with Crippen molar-refractivity contribution >= 4 is 27.8 Å². The molecular weight excluding hydrogens is 370 g/mol. The second-order valence-corrected chi connectivity index (χ2v) is 9.35. The van der Waals surface area contributed by atoms with Crippen molar-refractivity contribution in [2.24, 2.45) is 5.41 Å². The van der Waals surface area contributed by atoms with Crippen molar-refractivity contribution in [1.29, 1.82) is 0 Å². The van der Waals surface area contributed by atoms with E-state index in [2.05, 4.69) is 67.7 Å². The molecule has 0 saturated heterocycles. The van der Waals surface area contributed by atoms with Crippen LogP contribution >= 0.6 is 0 Å². The number of fused-ring (bicyclic) bond motifs is 4. The average molecular weight is 398 g/mol. The first-order chi connectivity index (χ1) is 14.4. The summed E-state index contributed by atoms with van der Waals surface area (Å²) in [6.07, 6.45) is 1.49. The number of methoxy groups -OCH3 is 1. The number of hydrogen-bond acceptors (Lipinski definition) is 3. The molecule has 1 aliphatic heterocycles. The van der Waals surface area contributed by atoms with Crippen molar-refractivity contribution in [3.63, 3.8) is 0 Å². The van der Waals surface area contributed by atoms with Gasteiger partial charge in [0.15, 0.2) is 5.78 Å². The van der Waals surface area contributed by atoms with E-state index < -0.39 is 0 Å². The third-order valence-corrected chi connectivity index (χ3v) is 6.49. The molecule has 0 fully saturated rings. The van der Waals surface area contributed by atoms with E-state index in [0.717, 1.165) is 34.6 Å². The maximum Gasteiger partial charge on any atom is 0.162 e. The molecule has 3 aromatic rings. The van der Waals surface area contributed by atoms with Crippen LogP contribution in [0.1, 0.15) is 49.4 Å². The predicted octanol–water partition coefficient (Wildman–Crippen LogP) is 6.47. The summed E-state index contributed by atoms with van der Waals surface area (Å²) in [5.41, 5.74) is 6.59. The normalized spacial score (nSPS) is 19.9. The Bertz CT molecular complexity index is 1220. The molecule has 1 unspecified atom stereocenters. The summed E-state index contributed by atoms with van der Waals surface area (Å²) >= 11 is 0. The summed E-state index contributed by atoms with van der Waals surface area (Å²) in [4.78, 5) is 13.5. The monoisotopic (exact) mass is 397 g/mol. The van der Waals surface area contributed by atoms with E-state index >= 15 is 0 Å². The van der Waals surface area contributed by atoms with Crippen molar-refractivity contribution in [3.05, 3.63) is 76.9 Å². The van der Waals surface area contributed by atoms with Crippen molar-refractivity contribution < 1.29 is 9.53 Å². The Morgan fingerprint density at radius 1 is 1.03 bits per heavy atom. The number of carbonyl (C=O) groups excluding carboxylic acids is 1. The van der Waals surface area contributed by atoms with Gasteiger partial charge in [-0.15, -0.1) is 0 Å². The smallest absolute Gasteiger partial charge is 0.162 e. The fraction of sp³-hybridized carbons (Fsp3) is 0.296. The zero-order valence-corrected chi connectivity index (χ0v) is 18.0. The van der Waals surface area contributed by atoms with E-state index in [0.29, 0.717) is 6.42 Å². The van der Waals surface area contributed by atoms with Crippen LogP contribution in [-0.2, 0) is 4.79 Å². The molecule has 1 aliphatic carbocycles. The highest BCUT2D eigenvalue weighted by molar-refractivity contribution is 6.12. The Labute approximate surface area is 177 Å². The number of ketones is 1. The second-order valence-electron chi connectivity index (χ2n) is 9.35. The van der Waals surface area contributed by atoms with Crippen LogP contribution in [0, 0.1) is 12.3 Å². The molecule has 5 rings (SSSR count). The van der Waals surface area contributed by atoms with E-state index in [1.165, 1.54) is 21.9 Å². The van der Waals surface area contributed by atoms with Gasteiger partial charge in [0, 0.05) is 23.2 Å². The first kappa shape index (κ1) is 18.9. The summed E-state index contributed by atoms with van der Waals surface area (Å²) in [7, 11) is 1.69. The molecule has 1 heterocycles. The van der Waals surface area contributed by atoms with Crippen LogP contribution in [-0.4, -0.2) is 12.9 Å². The fourth-order valence-electron chi connectivity index (χ4n) is 5.17. The van der Waals surface area contributed by atoms with Gasteiger partial charge in [-0.2, -0.15) is 0 Å². The van der Waals surface area contributed by atoms with E-state index in [4.69, 9.17) is 4.74 Å². The molecule has 3 heteroatoms. The maximum absolute atomic E-state index is 13.5. The van der Waals surface area contributed by atoms with Crippen molar-refractivity contribution in [2.45, 2.75) is 39.7 Å². The first-order valence-corrected chi connectivity index (χ1v) is 10.6. The predicted molar refractivity (Wildman–Crippen MR) is 123 cm³/mol. The molecule has 0 aromatic heterocycles. The minimum atomic E-state index is -0.137. The van der Waals surface area contributed by atoms with Crippen LogP contribution in [0.25, 0.3) is 16.3 Å². The van der Waals surface area contributed by atoms with Gasteiger partial charge in [0.25, 0.3) is 0 Å². The number of allylic oxidation sites excluding steroid dienone is 1. The fourth-order valence-corrected chi connectivity index (χ4v) is 5.17. The molecule has 1 atom stereocenters. The van der Waals surface area contributed by atoms with Crippen molar-refractivity contribution in [3.8, 4) is 5.75 Å². The molecule has 0 radical (unpaired) electrons. The summed E-state index contributed by atoms with van der Waals surface area (Å²) < 4.78 is 5.45. The number of nitrogens with one attached hydrogen (secondary N) is 1. The average Bonchev–Trinajstić information content (AvgIpc) is 2.71. The zero-order chi connectivity index (χ0) is 21.0. The van der Waals surface area contributed by atoms with Crippen LogP contribution in [0.4, 0.5) is 5.69 Å². The summed E-state index contributed by atoms with van der Waals surface area (Å²) in [6, 6.07) is 18.9. The third-order valence-electron chi connectivity index (χ3n) is 6.49. The van der Waals surface area contributed by atoms with Crippen LogP contribution in [0.15, 0.2) is 60.2 Å². The number of hydrogen-bond donors (Lipinski definition) is 1. The molecule has 2 aliphatic rings. The number of aryl methyl sites for hydroxylation is 1. The minimum Gasteiger partial charge on any atom is -0.496 e. The van der Waals surface area contributed by atoms with Gasteiger partial charge in [-0.3, -0.25) is 4.79 Å². The number of Topliss-reactive ketones (excluding diaryl/α,β-unsaturated/α-hetero) is 1. The van der Waals surface area contributed by atoms with Crippen LogP contribution < -0.4 is 10.1 Å². The summed E-state index contributed by atoms with van der Waals surface area (Å²) in [6.45, 7) is 6.45. The highest BCUT2D eigenvalue weighted by atomic mass is 16.5. The van der Waals surface area contributed by atoms with E-state index in [9.17, 15) is 4.79 Å². The van der Waals surface area contributed by atoms with Gasteiger partial charge >= 0.3 is 0 Å².